The number of hydrazone groups is 1. The molecule has 0 amide bonds. The maximum absolute atomic E-state index is 13.9. The van der Waals surface area contributed by atoms with Crippen LogP contribution in [0.4, 0.5) is 13.2 Å². The first-order valence-electron chi connectivity index (χ1n) is 9.29. The number of allylic oxidation sites excluding steroid dienone is 6. The summed E-state index contributed by atoms with van der Waals surface area (Å²) >= 11 is 0. The van der Waals surface area contributed by atoms with Gasteiger partial charge in [0.2, 0.25) is 5.95 Å². The second kappa shape index (κ2) is 11.3. The van der Waals surface area contributed by atoms with E-state index in [1.54, 1.807) is 6.08 Å². The van der Waals surface area contributed by atoms with Gasteiger partial charge >= 0.3 is 0 Å². The molecule has 0 bridgehead atoms. The van der Waals surface area contributed by atoms with Crippen molar-refractivity contribution in [2.75, 3.05) is 0 Å². The van der Waals surface area contributed by atoms with E-state index in [2.05, 4.69) is 15.5 Å². The van der Waals surface area contributed by atoms with Gasteiger partial charge in [-0.25, -0.2) is 13.8 Å². The van der Waals surface area contributed by atoms with Crippen LogP contribution in [0.5, 0.6) is 0 Å². The van der Waals surface area contributed by atoms with E-state index in [0.717, 1.165) is 0 Å². The molecule has 1 atom stereocenters. The molecule has 1 N–H and O–H groups in total. The number of Topliss-reactive ketones (excluding diaryl/α,β-unsaturated/α-hetero) is 1. The van der Waals surface area contributed by atoms with Crippen molar-refractivity contribution in [3.05, 3.63) is 47.5 Å². The van der Waals surface area contributed by atoms with Gasteiger partial charge in [0.05, 0.1) is 5.92 Å². The summed E-state index contributed by atoms with van der Waals surface area (Å²) in [6.07, 6.45) is 6.48. The van der Waals surface area contributed by atoms with E-state index < -0.39 is 29.3 Å². The predicted molar refractivity (Wildman–Crippen MR) is 103 cm³/mol. The monoisotopic (exact) mass is 381 g/mol. The number of aliphatic imine (C=N–C) groups is 1. The lowest BCUT2D eigenvalue weighted by molar-refractivity contribution is -0.112. The first kappa shape index (κ1) is 22.6. The zero-order valence-electron chi connectivity index (χ0n) is 16.2. The molecule has 0 aromatic heterocycles. The van der Waals surface area contributed by atoms with Crippen molar-refractivity contribution in [2.45, 2.75) is 53.4 Å². The van der Waals surface area contributed by atoms with Gasteiger partial charge in [0.25, 0.3) is 0 Å². The van der Waals surface area contributed by atoms with Gasteiger partial charge in [-0.2, -0.15) is 9.49 Å². The molecule has 0 saturated heterocycles. The van der Waals surface area contributed by atoms with Crippen LogP contribution in [-0.2, 0) is 4.79 Å². The van der Waals surface area contributed by atoms with E-state index in [0.29, 0.717) is 19.3 Å². The lowest BCUT2D eigenvalue weighted by Crippen LogP contribution is -2.26. The summed E-state index contributed by atoms with van der Waals surface area (Å²) in [6.45, 7) is 8.00. The number of carbonyl (C=O) groups excluding carboxylic acids is 1. The van der Waals surface area contributed by atoms with Crippen LogP contribution in [0.3, 0.4) is 0 Å². The third kappa shape index (κ3) is 5.77. The maximum Gasteiger partial charge on any atom is 0.214 e. The molecular weight excluding hydrogens is 355 g/mol. The van der Waals surface area contributed by atoms with Crippen LogP contribution in [0.25, 0.3) is 0 Å². The first-order valence-corrected chi connectivity index (χ1v) is 9.29. The molecule has 2 heterocycles. The van der Waals surface area contributed by atoms with E-state index in [1.165, 1.54) is 18.2 Å². The predicted octanol–water partition coefficient (Wildman–Crippen LogP) is 5.61. The molecule has 27 heavy (non-hydrogen) atoms. The van der Waals surface area contributed by atoms with Gasteiger partial charge in [0, 0.05) is 6.42 Å². The Balaban J connectivity index is 0.000000855. The summed E-state index contributed by atoms with van der Waals surface area (Å²) < 4.78 is 40.7. The van der Waals surface area contributed by atoms with Gasteiger partial charge in [-0.1, -0.05) is 39.8 Å². The van der Waals surface area contributed by atoms with E-state index in [9.17, 15) is 18.0 Å². The molecule has 4 nitrogen and oxygen atoms in total. The minimum atomic E-state index is -0.958. The summed E-state index contributed by atoms with van der Waals surface area (Å²) in [5.74, 6) is -3.39. The van der Waals surface area contributed by atoms with Crippen molar-refractivity contribution in [3.8, 4) is 0 Å². The third-order valence-electron chi connectivity index (χ3n) is 3.83. The minimum absolute atomic E-state index is 0.122. The van der Waals surface area contributed by atoms with Crippen LogP contribution in [0.1, 0.15) is 53.4 Å². The van der Waals surface area contributed by atoms with Gasteiger partial charge in [-0.15, -0.1) is 0 Å². The van der Waals surface area contributed by atoms with Gasteiger partial charge in [0.15, 0.2) is 17.4 Å². The number of halogens is 3. The molecule has 2 aliphatic heterocycles. The SMILES string of the molecule is CC.CC.O=C(CC1=C(F)C(F)=CCCC1)C1=NNC2=NC(F)=CC=CC21. The lowest BCUT2D eigenvalue weighted by Gasteiger charge is -2.09. The van der Waals surface area contributed by atoms with Crippen molar-refractivity contribution in [2.24, 2.45) is 16.0 Å². The lowest BCUT2D eigenvalue weighted by atomic mass is 9.94. The van der Waals surface area contributed by atoms with Gasteiger partial charge in [-0.3, -0.25) is 10.2 Å². The number of fused-ring (bicyclic) bond motifs is 1. The Morgan fingerprint density at radius 3 is 2.63 bits per heavy atom. The van der Waals surface area contributed by atoms with E-state index in [1.807, 2.05) is 27.7 Å². The number of hydrogen-bond donors (Lipinski definition) is 1. The van der Waals surface area contributed by atoms with Crippen LogP contribution in [0.2, 0.25) is 0 Å². The molecular formula is C20H26F3N3O. The zero-order chi connectivity index (χ0) is 20.4. The van der Waals surface area contributed by atoms with Gasteiger partial charge < -0.3 is 0 Å². The highest BCUT2D eigenvalue weighted by atomic mass is 19.2. The molecule has 7 heteroatoms. The second-order valence-corrected chi connectivity index (χ2v) is 5.42. The number of nitrogens with zero attached hydrogens (tertiary/aromatic N) is 2. The molecule has 148 valence electrons. The van der Waals surface area contributed by atoms with Crippen LogP contribution < -0.4 is 5.43 Å². The number of carbonyl (C=O) groups is 1. The highest BCUT2D eigenvalue weighted by molar-refractivity contribution is 6.46. The average Bonchev–Trinajstić information content (AvgIpc) is 2.89. The van der Waals surface area contributed by atoms with Crippen molar-refractivity contribution in [1.29, 1.82) is 0 Å². The molecule has 1 aliphatic carbocycles. The Morgan fingerprint density at radius 1 is 1.22 bits per heavy atom. The number of ketones is 1. The first-order chi connectivity index (χ1) is 13.1. The second-order valence-electron chi connectivity index (χ2n) is 5.42. The summed E-state index contributed by atoms with van der Waals surface area (Å²) in [5, 5.41) is 3.88. The van der Waals surface area contributed by atoms with E-state index >= 15 is 0 Å². The third-order valence-corrected chi connectivity index (χ3v) is 3.83. The molecule has 3 rings (SSSR count). The number of hydrogen-bond acceptors (Lipinski definition) is 4. The fourth-order valence-electron chi connectivity index (χ4n) is 2.66. The molecule has 1 unspecified atom stereocenters. The molecule has 3 aliphatic rings. The van der Waals surface area contributed by atoms with Crippen LogP contribution in [0.15, 0.2) is 57.6 Å². The van der Waals surface area contributed by atoms with E-state index in [4.69, 9.17) is 0 Å². The van der Waals surface area contributed by atoms with Crippen LogP contribution in [0, 0.1) is 5.92 Å². The summed E-state index contributed by atoms with van der Waals surface area (Å²) in [7, 11) is 0. The Kier molecular flexibility index (Phi) is 9.47. The molecule has 0 saturated carbocycles. The standard InChI is InChI=1S/C16H14F3N3O.2C2H6/c17-11-6-2-1-4-9(14(11)19)8-12(23)15-10-5-3-7-13(18)20-16(10)22-21-15;2*1-2/h3,5-7,10H,1-2,4,8H2,(H,20,22);2*1-2H3. The van der Waals surface area contributed by atoms with Gasteiger partial charge in [-0.05, 0) is 37.0 Å². The topological polar surface area (TPSA) is 53.8 Å². The quantitative estimate of drug-likeness (QED) is 0.646. The Morgan fingerprint density at radius 2 is 1.93 bits per heavy atom. The Hall–Kier alpha value is -2.44. The highest BCUT2D eigenvalue weighted by Crippen LogP contribution is 2.29. The van der Waals surface area contributed by atoms with Crippen LogP contribution >= 0.6 is 0 Å². The fourth-order valence-corrected chi connectivity index (χ4v) is 2.66. The summed E-state index contributed by atoms with van der Waals surface area (Å²) in [5.41, 5.74) is 2.78. The van der Waals surface area contributed by atoms with Crippen molar-refractivity contribution in [1.82, 2.24) is 5.43 Å². The van der Waals surface area contributed by atoms with Crippen molar-refractivity contribution in [3.63, 3.8) is 0 Å². The number of amidine groups is 1. The largest absolute Gasteiger partial charge is 0.292 e. The van der Waals surface area contributed by atoms with Gasteiger partial charge in [0.1, 0.15) is 11.5 Å². The molecule has 0 aromatic rings. The normalized spacial score (nSPS) is 20.8. The minimum Gasteiger partial charge on any atom is -0.292 e. The Bertz CT molecular complexity index is 731. The highest BCUT2D eigenvalue weighted by Gasteiger charge is 2.32. The zero-order valence-corrected chi connectivity index (χ0v) is 16.2. The van der Waals surface area contributed by atoms with E-state index in [-0.39, 0.29) is 23.5 Å². The fraction of sp³-hybridized carbons (Fsp3) is 0.450. The maximum atomic E-state index is 13.9. The molecule has 0 aromatic carbocycles. The number of rotatable bonds is 3. The molecule has 0 spiro atoms. The smallest absolute Gasteiger partial charge is 0.214 e. The van der Waals surface area contributed by atoms with Crippen LogP contribution in [-0.4, -0.2) is 17.3 Å². The van der Waals surface area contributed by atoms with Crippen molar-refractivity contribution >= 4 is 17.3 Å². The average molecular weight is 381 g/mol. The summed E-state index contributed by atoms with van der Waals surface area (Å²) in [6, 6.07) is 0. The summed E-state index contributed by atoms with van der Waals surface area (Å²) in [4.78, 5) is 16.1. The Labute approximate surface area is 158 Å². The number of nitrogens with one attached hydrogen (secondary N) is 1. The molecule has 0 fully saturated rings. The molecule has 0 radical (unpaired) electrons. The van der Waals surface area contributed by atoms with Crippen molar-refractivity contribution < 1.29 is 18.0 Å².